The summed E-state index contributed by atoms with van der Waals surface area (Å²) in [5.41, 5.74) is 6.17. The first-order chi connectivity index (χ1) is 9.95. The van der Waals surface area contributed by atoms with E-state index < -0.39 is 6.10 Å². The lowest BCUT2D eigenvalue weighted by molar-refractivity contribution is -0.127. The molecule has 0 bridgehead atoms. The molecule has 0 heterocycles. The predicted octanol–water partition coefficient (Wildman–Crippen LogP) is 2.07. The molecule has 2 rings (SSSR count). The first-order valence-electron chi connectivity index (χ1n) is 6.75. The number of rotatable bonds is 4. The zero-order valence-corrected chi connectivity index (χ0v) is 13.5. The Morgan fingerprint density at radius 1 is 1.43 bits per heavy atom. The summed E-state index contributed by atoms with van der Waals surface area (Å²) in [6, 6.07) is 5.84. The second kappa shape index (κ2) is 6.95. The van der Waals surface area contributed by atoms with Crippen molar-refractivity contribution in [2.24, 2.45) is 0 Å². The number of ether oxygens (including phenoxy) is 1. The molecule has 0 radical (unpaired) electrons. The molecule has 3 N–H and O–H groups in total. The standard InChI is InChI=1S/C14H18ClN3O2S/c1-8-3-6-11(15)12(7-8)20-9(2)13(19)17-18-14(21)16-10-4-5-10/h3,6-7,9-10H,4-5H2,1-2H3,(H,17,19)(H2,16,18,21). The highest BCUT2D eigenvalue weighted by Gasteiger charge is 2.22. The molecule has 1 amide bonds. The van der Waals surface area contributed by atoms with E-state index in [0.29, 0.717) is 21.9 Å². The maximum absolute atomic E-state index is 11.9. The van der Waals surface area contributed by atoms with Crippen LogP contribution in [0.2, 0.25) is 5.02 Å². The Morgan fingerprint density at radius 2 is 2.14 bits per heavy atom. The number of carbonyl (C=O) groups excluding carboxylic acids is 1. The molecule has 1 aromatic carbocycles. The first kappa shape index (κ1) is 15.9. The van der Waals surface area contributed by atoms with Gasteiger partial charge < -0.3 is 10.1 Å². The summed E-state index contributed by atoms with van der Waals surface area (Å²) in [5, 5.41) is 3.94. The minimum atomic E-state index is -0.694. The van der Waals surface area contributed by atoms with Crippen molar-refractivity contribution in [1.29, 1.82) is 0 Å². The molecule has 1 saturated carbocycles. The SMILES string of the molecule is Cc1ccc(Cl)c(OC(C)C(=O)NNC(=S)NC2CC2)c1. The van der Waals surface area contributed by atoms with E-state index in [4.69, 9.17) is 28.6 Å². The minimum Gasteiger partial charge on any atom is -0.479 e. The van der Waals surface area contributed by atoms with E-state index in [1.807, 2.05) is 13.0 Å². The van der Waals surface area contributed by atoms with Crippen molar-refractivity contribution in [2.75, 3.05) is 0 Å². The maximum atomic E-state index is 11.9. The van der Waals surface area contributed by atoms with Crippen molar-refractivity contribution in [3.05, 3.63) is 28.8 Å². The molecule has 0 aliphatic heterocycles. The number of hydrogen-bond donors (Lipinski definition) is 3. The van der Waals surface area contributed by atoms with E-state index >= 15 is 0 Å². The van der Waals surface area contributed by atoms with E-state index in [1.54, 1.807) is 19.1 Å². The molecule has 21 heavy (non-hydrogen) atoms. The molecule has 0 aromatic heterocycles. The molecule has 1 unspecified atom stereocenters. The summed E-state index contributed by atoms with van der Waals surface area (Å²) in [4.78, 5) is 11.9. The first-order valence-corrected chi connectivity index (χ1v) is 7.53. The third kappa shape index (κ3) is 5.06. The van der Waals surface area contributed by atoms with Gasteiger partial charge >= 0.3 is 0 Å². The zero-order valence-electron chi connectivity index (χ0n) is 11.9. The van der Waals surface area contributed by atoms with Gasteiger partial charge in [-0.15, -0.1) is 0 Å². The van der Waals surface area contributed by atoms with Crippen LogP contribution in [-0.4, -0.2) is 23.2 Å². The van der Waals surface area contributed by atoms with Crippen molar-refractivity contribution in [3.8, 4) is 5.75 Å². The van der Waals surface area contributed by atoms with Crippen LogP contribution in [0.15, 0.2) is 18.2 Å². The smallest absolute Gasteiger partial charge is 0.279 e. The molecule has 1 aliphatic carbocycles. The molecule has 114 valence electrons. The average Bonchev–Trinajstić information content (AvgIpc) is 3.24. The quantitative estimate of drug-likeness (QED) is 0.584. The molecule has 1 aliphatic rings. The summed E-state index contributed by atoms with van der Waals surface area (Å²) in [6.45, 7) is 3.57. The number of halogens is 1. The van der Waals surface area contributed by atoms with Gasteiger partial charge in [-0.2, -0.15) is 0 Å². The summed E-state index contributed by atoms with van der Waals surface area (Å²) in [7, 11) is 0. The Labute approximate surface area is 134 Å². The molecule has 1 aromatic rings. The van der Waals surface area contributed by atoms with E-state index in [1.165, 1.54) is 0 Å². The Balaban J connectivity index is 1.81. The van der Waals surface area contributed by atoms with Gasteiger partial charge in [0.2, 0.25) is 0 Å². The number of aryl methyl sites for hydroxylation is 1. The van der Waals surface area contributed by atoms with Gasteiger partial charge in [0, 0.05) is 6.04 Å². The second-order valence-corrected chi connectivity index (χ2v) is 5.87. The summed E-state index contributed by atoms with van der Waals surface area (Å²) in [5.74, 6) is 0.158. The highest BCUT2D eigenvalue weighted by molar-refractivity contribution is 7.80. The molecule has 0 saturated heterocycles. The van der Waals surface area contributed by atoms with Crippen LogP contribution in [0.1, 0.15) is 25.3 Å². The fraction of sp³-hybridized carbons (Fsp3) is 0.429. The number of carbonyl (C=O) groups is 1. The molecule has 1 fully saturated rings. The highest BCUT2D eigenvalue weighted by atomic mass is 35.5. The molecule has 5 nitrogen and oxygen atoms in total. The highest BCUT2D eigenvalue weighted by Crippen LogP contribution is 2.26. The zero-order chi connectivity index (χ0) is 15.4. The van der Waals surface area contributed by atoms with Crippen LogP contribution in [0.25, 0.3) is 0 Å². The fourth-order valence-electron chi connectivity index (χ4n) is 1.61. The van der Waals surface area contributed by atoms with Crippen LogP contribution in [0, 0.1) is 6.92 Å². The van der Waals surface area contributed by atoms with E-state index in [0.717, 1.165) is 18.4 Å². The van der Waals surface area contributed by atoms with Gasteiger partial charge in [-0.25, -0.2) is 0 Å². The van der Waals surface area contributed by atoms with Gasteiger partial charge in [0.25, 0.3) is 5.91 Å². The molecule has 0 spiro atoms. The summed E-state index contributed by atoms with van der Waals surface area (Å²) >= 11 is 11.1. The Bertz CT molecular complexity index is 549. The number of amides is 1. The van der Waals surface area contributed by atoms with Crippen LogP contribution >= 0.6 is 23.8 Å². The monoisotopic (exact) mass is 327 g/mol. The van der Waals surface area contributed by atoms with Gasteiger partial charge in [-0.1, -0.05) is 17.7 Å². The number of hydrogen-bond acceptors (Lipinski definition) is 3. The number of benzene rings is 1. The van der Waals surface area contributed by atoms with Crippen molar-refractivity contribution in [2.45, 2.75) is 38.8 Å². The summed E-state index contributed by atoms with van der Waals surface area (Å²) < 4.78 is 5.57. The van der Waals surface area contributed by atoms with Gasteiger partial charge in [0.15, 0.2) is 11.2 Å². The average molecular weight is 328 g/mol. The largest absolute Gasteiger partial charge is 0.479 e. The van der Waals surface area contributed by atoms with Crippen LogP contribution in [0.5, 0.6) is 5.75 Å². The van der Waals surface area contributed by atoms with Crippen molar-refractivity contribution >= 4 is 34.8 Å². The van der Waals surface area contributed by atoms with Crippen LogP contribution in [0.4, 0.5) is 0 Å². The van der Waals surface area contributed by atoms with Gasteiger partial charge in [0.05, 0.1) is 5.02 Å². The Kier molecular flexibility index (Phi) is 5.25. The number of hydrazine groups is 1. The van der Waals surface area contributed by atoms with Gasteiger partial charge in [0.1, 0.15) is 5.75 Å². The normalized spacial score (nSPS) is 15.0. The van der Waals surface area contributed by atoms with Crippen LogP contribution in [0.3, 0.4) is 0 Å². The molecule has 1 atom stereocenters. The van der Waals surface area contributed by atoms with E-state index in [-0.39, 0.29) is 5.91 Å². The number of nitrogens with one attached hydrogen (secondary N) is 3. The van der Waals surface area contributed by atoms with E-state index in [2.05, 4.69) is 16.2 Å². The van der Waals surface area contributed by atoms with Crippen molar-refractivity contribution in [3.63, 3.8) is 0 Å². The van der Waals surface area contributed by atoms with E-state index in [9.17, 15) is 4.79 Å². The summed E-state index contributed by atoms with van der Waals surface area (Å²) in [6.07, 6.45) is 1.53. The maximum Gasteiger partial charge on any atom is 0.279 e. The van der Waals surface area contributed by atoms with Gasteiger partial charge in [-0.05, 0) is 56.6 Å². The van der Waals surface area contributed by atoms with Crippen LogP contribution in [-0.2, 0) is 4.79 Å². The Hall–Kier alpha value is -1.53. The lowest BCUT2D eigenvalue weighted by atomic mass is 10.2. The van der Waals surface area contributed by atoms with Crippen LogP contribution < -0.4 is 20.9 Å². The minimum absolute atomic E-state index is 0.326. The molecule has 7 heteroatoms. The fourth-order valence-corrected chi connectivity index (χ4v) is 1.99. The number of thiocarbonyl (C=S) groups is 1. The Morgan fingerprint density at radius 3 is 2.81 bits per heavy atom. The third-order valence-corrected chi connectivity index (χ3v) is 3.50. The van der Waals surface area contributed by atoms with Crippen molar-refractivity contribution < 1.29 is 9.53 Å². The van der Waals surface area contributed by atoms with Crippen molar-refractivity contribution in [1.82, 2.24) is 16.2 Å². The predicted molar refractivity (Wildman–Crippen MR) is 86.3 cm³/mol. The second-order valence-electron chi connectivity index (χ2n) is 5.06. The lowest BCUT2D eigenvalue weighted by Crippen LogP contribution is -2.50. The lowest BCUT2D eigenvalue weighted by Gasteiger charge is -2.17. The van der Waals surface area contributed by atoms with Gasteiger partial charge in [-0.3, -0.25) is 15.6 Å². The molecular weight excluding hydrogens is 310 g/mol. The topological polar surface area (TPSA) is 62.4 Å². The third-order valence-electron chi connectivity index (χ3n) is 2.97. The molecular formula is C14H18ClN3O2S.